The summed E-state index contributed by atoms with van der Waals surface area (Å²) < 4.78 is 11.1. The summed E-state index contributed by atoms with van der Waals surface area (Å²) in [6.45, 7) is 3.09. The minimum Gasteiger partial charge on any atom is -0.468 e. The topological polar surface area (TPSA) is 73.6 Å². The fraction of sp³-hybridized carbons (Fsp3) is 0.600. The Morgan fingerprint density at radius 3 is 2.38 bits per heavy atom. The average molecular weight is 228 g/mol. The molecule has 1 aromatic rings. The Kier molecular flexibility index (Phi) is 3.23. The van der Waals surface area contributed by atoms with Gasteiger partial charge in [0.25, 0.3) is 6.01 Å². The lowest BCUT2D eigenvalue weighted by Crippen LogP contribution is -2.22. The molecule has 6 nitrogen and oxygen atoms in total. The number of rotatable bonds is 3. The number of aliphatic hydroxyl groups is 1. The summed E-state index contributed by atoms with van der Waals surface area (Å²) in [4.78, 5) is 15.6. The Labute approximate surface area is 93.8 Å². The van der Waals surface area contributed by atoms with Gasteiger partial charge in [0, 0.05) is 7.05 Å². The van der Waals surface area contributed by atoms with Gasteiger partial charge in [0.05, 0.1) is 14.2 Å². The summed E-state index contributed by atoms with van der Waals surface area (Å²) in [6.07, 6.45) is 0. The molecule has 0 aliphatic heterocycles. The van der Waals surface area contributed by atoms with Crippen molar-refractivity contribution in [2.45, 2.75) is 19.4 Å². The van der Waals surface area contributed by atoms with Crippen molar-refractivity contribution in [2.75, 3.05) is 14.2 Å². The molecule has 0 spiro atoms. The van der Waals surface area contributed by atoms with E-state index in [-0.39, 0.29) is 17.4 Å². The molecule has 0 aliphatic rings. The normalized spacial score (nSPS) is 11.4. The molecule has 0 atom stereocenters. The number of ether oxygens (including phenoxy) is 2. The van der Waals surface area contributed by atoms with E-state index in [1.54, 1.807) is 20.9 Å². The van der Waals surface area contributed by atoms with E-state index in [2.05, 4.69) is 9.72 Å². The lowest BCUT2D eigenvalue weighted by molar-refractivity contribution is 0.0533. The van der Waals surface area contributed by atoms with Crippen LogP contribution in [0.5, 0.6) is 6.01 Å². The van der Waals surface area contributed by atoms with Crippen molar-refractivity contribution in [3.8, 4) is 6.01 Å². The number of aromatic nitrogens is 2. The average Bonchev–Trinajstić information content (AvgIpc) is 2.54. The summed E-state index contributed by atoms with van der Waals surface area (Å²) in [7, 11) is 4.33. The number of carbonyl (C=O) groups is 1. The molecule has 6 heteroatoms. The number of nitrogens with zero attached hydrogens (tertiary/aromatic N) is 2. The molecule has 0 amide bonds. The van der Waals surface area contributed by atoms with Gasteiger partial charge in [-0.2, -0.15) is 4.98 Å². The SMILES string of the molecule is COC(=O)c1c(C(C)(C)O)nc(OC)n1C. The van der Waals surface area contributed by atoms with Gasteiger partial charge < -0.3 is 14.6 Å². The molecule has 0 fully saturated rings. The van der Waals surface area contributed by atoms with Gasteiger partial charge in [-0.15, -0.1) is 0 Å². The van der Waals surface area contributed by atoms with E-state index in [1.165, 1.54) is 18.8 Å². The van der Waals surface area contributed by atoms with Crippen LogP contribution in [0.4, 0.5) is 0 Å². The zero-order chi connectivity index (χ0) is 12.5. The van der Waals surface area contributed by atoms with Crippen molar-refractivity contribution in [3.63, 3.8) is 0 Å². The summed E-state index contributed by atoms with van der Waals surface area (Å²) in [5.74, 6) is -0.560. The predicted molar refractivity (Wildman–Crippen MR) is 56.3 cm³/mol. The van der Waals surface area contributed by atoms with E-state index in [9.17, 15) is 9.90 Å². The van der Waals surface area contributed by atoms with Crippen LogP contribution in [0.2, 0.25) is 0 Å². The second kappa shape index (κ2) is 4.13. The van der Waals surface area contributed by atoms with Gasteiger partial charge in [-0.25, -0.2) is 4.79 Å². The van der Waals surface area contributed by atoms with E-state index in [4.69, 9.17) is 4.74 Å². The molecule has 0 saturated carbocycles. The minimum absolute atomic E-state index is 0.187. The molecule has 1 rings (SSSR count). The van der Waals surface area contributed by atoms with Gasteiger partial charge in [-0.1, -0.05) is 0 Å². The molecule has 0 aliphatic carbocycles. The highest BCUT2D eigenvalue weighted by Crippen LogP contribution is 2.26. The third-order valence-electron chi connectivity index (χ3n) is 2.19. The van der Waals surface area contributed by atoms with Crippen LogP contribution in [0.1, 0.15) is 30.0 Å². The van der Waals surface area contributed by atoms with Crippen molar-refractivity contribution in [2.24, 2.45) is 7.05 Å². The highest BCUT2D eigenvalue weighted by atomic mass is 16.5. The summed E-state index contributed by atoms with van der Waals surface area (Å²) in [6, 6.07) is 0.248. The Balaban J connectivity index is 3.43. The zero-order valence-corrected chi connectivity index (χ0v) is 10.1. The Hall–Kier alpha value is -1.56. The molecular weight excluding hydrogens is 212 g/mol. The molecular formula is C10H16N2O4. The maximum Gasteiger partial charge on any atom is 0.356 e. The van der Waals surface area contributed by atoms with Crippen molar-refractivity contribution >= 4 is 5.97 Å². The fourth-order valence-electron chi connectivity index (χ4n) is 1.42. The Morgan fingerprint density at radius 1 is 1.44 bits per heavy atom. The molecule has 0 radical (unpaired) electrons. The first-order chi connectivity index (χ1) is 7.32. The number of methoxy groups -OCH3 is 2. The van der Waals surface area contributed by atoms with Gasteiger partial charge >= 0.3 is 5.97 Å². The molecule has 0 saturated heterocycles. The van der Waals surface area contributed by atoms with E-state index in [0.717, 1.165) is 0 Å². The van der Waals surface area contributed by atoms with Crippen LogP contribution in [0.3, 0.4) is 0 Å². The molecule has 1 heterocycles. The first kappa shape index (κ1) is 12.5. The molecule has 0 unspecified atom stereocenters. The molecule has 1 N–H and O–H groups in total. The molecule has 1 aromatic heterocycles. The molecule has 90 valence electrons. The molecule has 0 bridgehead atoms. The minimum atomic E-state index is -1.24. The quantitative estimate of drug-likeness (QED) is 0.760. The smallest absolute Gasteiger partial charge is 0.356 e. The van der Waals surface area contributed by atoms with Crippen LogP contribution in [0.25, 0.3) is 0 Å². The largest absolute Gasteiger partial charge is 0.468 e. The Morgan fingerprint density at radius 2 is 2.00 bits per heavy atom. The van der Waals surface area contributed by atoms with Crippen LogP contribution < -0.4 is 4.74 Å². The highest BCUT2D eigenvalue weighted by molar-refractivity contribution is 5.89. The van der Waals surface area contributed by atoms with Crippen molar-refractivity contribution in [3.05, 3.63) is 11.4 Å². The maximum atomic E-state index is 11.6. The Bertz CT molecular complexity index is 404. The van der Waals surface area contributed by atoms with Gasteiger partial charge in [0.2, 0.25) is 0 Å². The molecule has 16 heavy (non-hydrogen) atoms. The maximum absolute atomic E-state index is 11.6. The standard InChI is InChI=1S/C10H16N2O4/c1-10(2,14)7-6(8(13)15-4)12(3)9(11-7)16-5/h14H,1-5H3. The third-order valence-corrected chi connectivity index (χ3v) is 2.19. The van der Waals surface area contributed by atoms with Gasteiger partial charge in [0.1, 0.15) is 11.3 Å². The van der Waals surface area contributed by atoms with E-state index in [1.807, 2.05) is 0 Å². The second-order valence-corrected chi connectivity index (χ2v) is 3.91. The van der Waals surface area contributed by atoms with Crippen LogP contribution >= 0.6 is 0 Å². The van der Waals surface area contributed by atoms with E-state index >= 15 is 0 Å². The van der Waals surface area contributed by atoms with Crippen molar-refractivity contribution < 1.29 is 19.4 Å². The number of esters is 1. The summed E-state index contributed by atoms with van der Waals surface area (Å²) >= 11 is 0. The lowest BCUT2D eigenvalue weighted by atomic mass is 10.0. The van der Waals surface area contributed by atoms with Crippen molar-refractivity contribution in [1.82, 2.24) is 9.55 Å². The van der Waals surface area contributed by atoms with Crippen molar-refractivity contribution in [1.29, 1.82) is 0 Å². The van der Waals surface area contributed by atoms with Gasteiger partial charge in [-0.05, 0) is 13.8 Å². The number of imidazole rings is 1. The van der Waals surface area contributed by atoms with E-state index in [0.29, 0.717) is 0 Å². The lowest BCUT2D eigenvalue weighted by Gasteiger charge is -2.15. The van der Waals surface area contributed by atoms with Crippen LogP contribution in [0.15, 0.2) is 0 Å². The third kappa shape index (κ3) is 2.01. The van der Waals surface area contributed by atoms with Crippen LogP contribution in [-0.2, 0) is 17.4 Å². The number of hydrogen-bond acceptors (Lipinski definition) is 5. The van der Waals surface area contributed by atoms with Crippen LogP contribution in [0, 0.1) is 0 Å². The predicted octanol–water partition coefficient (Wildman–Crippen LogP) is 0.443. The second-order valence-electron chi connectivity index (χ2n) is 3.91. The number of carbonyl (C=O) groups excluding carboxylic acids is 1. The summed E-state index contributed by atoms with van der Waals surface area (Å²) in [5.41, 5.74) is -0.816. The summed E-state index contributed by atoms with van der Waals surface area (Å²) in [5, 5.41) is 9.91. The monoisotopic (exact) mass is 228 g/mol. The number of hydrogen-bond donors (Lipinski definition) is 1. The fourth-order valence-corrected chi connectivity index (χ4v) is 1.42. The first-order valence-corrected chi connectivity index (χ1v) is 4.74. The van der Waals surface area contributed by atoms with E-state index < -0.39 is 11.6 Å². The van der Waals surface area contributed by atoms with Gasteiger partial charge in [0.15, 0.2) is 5.69 Å². The zero-order valence-electron chi connectivity index (χ0n) is 10.1. The van der Waals surface area contributed by atoms with Crippen LogP contribution in [-0.4, -0.2) is 34.8 Å². The first-order valence-electron chi connectivity index (χ1n) is 4.74. The van der Waals surface area contributed by atoms with Gasteiger partial charge in [-0.3, -0.25) is 4.57 Å². The highest BCUT2D eigenvalue weighted by Gasteiger charge is 2.31. The molecule has 0 aromatic carbocycles.